The van der Waals surface area contributed by atoms with E-state index in [1.165, 1.54) is 0 Å². The predicted octanol–water partition coefficient (Wildman–Crippen LogP) is 3.57. The molecule has 0 fully saturated rings. The first-order valence-electron chi connectivity index (χ1n) is 5.72. The topological polar surface area (TPSA) is 29.5 Å². The molecule has 2 rings (SSSR count). The summed E-state index contributed by atoms with van der Waals surface area (Å²) in [5.74, 6) is 0. The van der Waals surface area contributed by atoms with Gasteiger partial charge in [0.15, 0.2) is 0 Å². The smallest absolute Gasteiger partial charge is 0.105 e. The van der Waals surface area contributed by atoms with Gasteiger partial charge in [-0.3, -0.25) is 0 Å². The molecule has 1 unspecified atom stereocenters. The molecule has 1 N–H and O–H groups in total. The van der Waals surface area contributed by atoms with Gasteiger partial charge in [-0.1, -0.05) is 54.1 Å². The highest BCUT2D eigenvalue weighted by molar-refractivity contribution is 6.31. The first kappa shape index (κ1) is 13.1. The van der Waals surface area contributed by atoms with Crippen LogP contribution in [0.4, 0.5) is 0 Å². The van der Waals surface area contributed by atoms with E-state index in [2.05, 4.69) is 0 Å². The fraction of sp³-hybridized carbons (Fsp3) is 0.200. The van der Waals surface area contributed by atoms with Crippen LogP contribution in [0.5, 0.6) is 0 Å². The molecule has 94 valence electrons. The third-order valence-corrected chi connectivity index (χ3v) is 3.15. The van der Waals surface area contributed by atoms with Gasteiger partial charge in [0.2, 0.25) is 0 Å². The number of hydrogen-bond donors (Lipinski definition) is 1. The number of hydrogen-bond acceptors (Lipinski definition) is 2. The molecule has 0 saturated carbocycles. The van der Waals surface area contributed by atoms with E-state index in [4.69, 9.17) is 16.3 Å². The van der Waals surface area contributed by atoms with Crippen LogP contribution in [0.3, 0.4) is 0 Å². The molecule has 18 heavy (non-hydrogen) atoms. The number of aliphatic hydroxyl groups excluding tert-OH is 1. The molecule has 0 radical (unpaired) electrons. The van der Waals surface area contributed by atoms with Crippen LogP contribution < -0.4 is 0 Å². The highest BCUT2D eigenvalue weighted by Crippen LogP contribution is 2.28. The number of rotatable bonds is 4. The fourth-order valence-electron chi connectivity index (χ4n) is 1.84. The maximum Gasteiger partial charge on any atom is 0.105 e. The number of methoxy groups -OCH3 is 1. The van der Waals surface area contributed by atoms with Crippen LogP contribution in [0, 0.1) is 0 Å². The van der Waals surface area contributed by atoms with E-state index in [0.29, 0.717) is 11.6 Å². The molecule has 0 aliphatic carbocycles. The number of ether oxygens (including phenoxy) is 1. The van der Waals surface area contributed by atoms with Crippen molar-refractivity contribution in [2.24, 2.45) is 0 Å². The molecule has 0 aromatic heterocycles. The molecular weight excluding hydrogens is 248 g/mol. The van der Waals surface area contributed by atoms with Gasteiger partial charge in [0.05, 0.1) is 6.61 Å². The minimum absolute atomic E-state index is 0.572. The van der Waals surface area contributed by atoms with E-state index in [1.54, 1.807) is 13.2 Å². The Bertz CT molecular complexity index is 508. The normalized spacial score (nSPS) is 12.4. The average Bonchev–Trinajstić information content (AvgIpc) is 2.40. The first-order chi connectivity index (χ1) is 8.72. The summed E-state index contributed by atoms with van der Waals surface area (Å²) in [4.78, 5) is 0. The number of halogens is 1. The van der Waals surface area contributed by atoms with Crippen molar-refractivity contribution < 1.29 is 9.84 Å². The van der Waals surface area contributed by atoms with Crippen molar-refractivity contribution in [3.8, 4) is 0 Å². The average molecular weight is 263 g/mol. The van der Waals surface area contributed by atoms with Crippen LogP contribution in [-0.2, 0) is 11.3 Å². The van der Waals surface area contributed by atoms with Crippen molar-refractivity contribution in [1.82, 2.24) is 0 Å². The molecule has 2 nitrogen and oxygen atoms in total. The Morgan fingerprint density at radius 3 is 2.39 bits per heavy atom. The maximum atomic E-state index is 10.3. The lowest BCUT2D eigenvalue weighted by Gasteiger charge is -2.13. The molecule has 0 aliphatic heterocycles. The molecule has 2 aromatic rings. The third kappa shape index (κ3) is 2.91. The molecule has 1 atom stereocenters. The van der Waals surface area contributed by atoms with Crippen LogP contribution in [-0.4, -0.2) is 12.2 Å². The number of benzene rings is 2. The molecule has 3 heteroatoms. The molecule has 0 spiro atoms. The summed E-state index contributed by atoms with van der Waals surface area (Å²) in [5, 5.41) is 10.9. The Balaban J connectivity index is 2.23. The second-order valence-corrected chi connectivity index (χ2v) is 4.51. The lowest BCUT2D eigenvalue weighted by Crippen LogP contribution is -2.00. The molecule has 0 aliphatic rings. The van der Waals surface area contributed by atoms with E-state index in [1.807, 2.05) is 42.5 Å². The Morgan fingerprint density at radius 1 is 1.11 bits per heavy atom. The van der Waals surface area contributed by atoms with Crippen LogP contribution in [0.15, 0.2) is 48.5 Å². The predicted molar refractivity (Wildman–Crippen MR) is 72.7 cm³/mol. The SMILES string of the molecule is COCc1ccc(C(O)c2ccccc2Cl)cc1. The Morgan fingerprint density at radius 2 is 1.78 bits per heavy atom. The zero-order valence-electron chi connectivity index (χ0n) is 10.1. The molecule has 2 aromatic carbocycles. The van der Waals surface area contributed by atoms with Gasteiger partial charge < -0.3 is 9.84 Å². The Kier molecular flexibility index (Phi) is 4.37. The third-order valence-electron chi connectivity index (χ3n) is 2.81. The number of aliphatic hydroxyl groups is 1. The molecular formula is C15H15ClO2. The van der Waals surface area contributed by atoms with Crippen molar-refractivity contribution >= 4 is 11.6 Å². The lowest BCUT2D eigenvalue weighted by molar-refractivity contribution is 0.184. The van der Waals surface area contributed by atoms with Crippen molar-refractivity contribution in [3.05, 3.63) is 70.2 Å². The van der Waals surface area contributed by atoms with Crippen molar-refractivity contribution in [1.29, 1.82) is 0 Å². The van der Waals surface area contributed by atoms with Crippen molar-refractivity contribution in [2.45, 2.75) is 12.7 Å². The molecule has 0 amide bonds. The van der Waals surface area contributed by atoms with Gasteiger partial charge in [0.25, 0.3) is 0 Å². The van der Waals surface area contributed by atoms with Gasteiger partial charge in [0.1, 0.15) is 6.10 Å². The second kappa shape index (κ2) is 6.01. The lowest BCUT2D eigenvalue weighted by atomic mass is 10.0. The van der Waals surface area contributed by atoms with Gasteiger partial charge in [-0.05, 0) is 17.2 Å². The minimum Gasteiger partial charge on any atom is -0.384 e. The highest BCUT2D eigenvalue weighted by Gasteiger charge is 2.13. The summed E-state index contributed by atoms with van der Waals surface area (Å²) in [6, 6.07) is 15.0. The largest absolute Gasteiger partial charge is 0.384 e. The zero-order chi connectivity index (χ0) is 13.0. The minimum atomic E-state index is -0.699. The van der Waals surface area contributed by atoms with E-state index in [-0.39, 0.29) is 0 Å². The highest BCUT2D eigenvalue weighted by atomic mass is 35.5. The van der Waals surface area contributed by atoms with E-state index in [0.717, 1.165) is 16.7 Å². The van der Waals surface area contributed by atoms with Gasteiger partial charge in [0, 0.05) is 17.7 Å². The summed E-state index contributed by atoms with van der Waals surface area (Å²) in [6.07, 6.45) is -0.699. The maximum absolute atomic E-state index is 10.3. The molecule has 0 bridgehead atoms. The Labute approximate surface area is 112 Å². The quantitative estimate of drug-likeness (QED) is 0.913. The van der Waals surface area contributed by atoms with Crippen LogP contribution in [0.2, 0.25) is 5.02 Å². The fourth-order valence-corrected chi connectivity index (χ4v) is 2.08. The van der Waals surface area contributed by atoms with Gasteiger partial charge in [-0.25, -0.2) is 0 Å². The zero-order valence-corrected chi connectivity index (χ0v) is 10.9. The van der Waals surface area contributed by atoms with E-state index >= 15 is 0 Å². The summed E-state index contributed by atoms with van der Waals surface area (Å²) in [6.45, 7) is 0.572. The monoisotopic (exact) mass is 262 g/mol. The molecule has 0 saturated heterocycles. The van der Waals surface area contributed by atoms with Gasteiger partial charge >= 0.3 is 0 Å². The summed E-state index contributed by atoms with van der Waals surface area (Å²) in [7, 11) is 1.66. The summed E-state index contributed by atoms with van der Waals surface area (Å²) in [5.41, 5.74) is 2.62. The summed E-state index contributed by atoms with van der Waals surface area (Å²) < 4.78 is 5.05. The summed E-state index contributed by atoms with van der Waals surface area (Å²) >= 11 is 6.07. The Hall–Kier alpha value is -1.35. The second-order valence-electron chi connectivity index (χ2n) is 4.10. The van der Waals surface area contributed by atoms with E-state index < -0.39 is 6.10 Å². The van der Waals surface area contributed by atoms with Gasteiger partial charge in [-0.15, -0.1) is 0 Å². The molecule has 0 heterocycles. The van der Waals surface area contributed by atoms with Crippen molar-refractivity contribution in [2.75, 3.05) is 7.11 Å². The van der Waals surface area contributed by atoms with Crippen molar-refractivity contribution in [3.63, 3.8) is 0 Å². The van der Waals surface area contributed by atoms with Crippen LogP contribution >= 0.6 is 11.6 Å². The van der Waals surface area contributed by atoms with Gasteiger partial charge in [-0.2, -0.15) is 0 Å². The van der Waals surface area contributed by atoms with Crippen LogP contribution in [0.25, 0.3) is 0 Å². The first-order valence-corrected chi connectivity index (χ1v) is 6.10. The standard InChI is InChI=1S/C15H15ClO2/c1-18-10-11-6-8-12(9-7-11)15(17)13-4-2-3-5-14(13)16/h2-9,15,17H,10H2,1H3. The van der Waals surface area contributed by atoms with Crippen LogP contribution in [0.1, 0.15) is 22.8 Å². The van der Waals surface area contributed by atoms with E-state index in [9.17, 15) is 5.11 Å².